The first-order chi connectivity index (χ1) is 8.17. The Kier molecular flexibility index (Phi) is 3.09. The number of rotatable bonds is 5. The Labute approximate surface area is 115 Å². The van der Waals surface area contributed by atoms with E-state index >= 15 is 0 Å². The minimum Gasteiger partial charge on any atom is -0.484 e. The van der Waals surface area contributed by atoms with E-state index in [-0.39, 0.29) is 5.60 Å². The van der Waals surface area contributed by atoms with Gasteiger partial charge in [0.25, 0.3) is 0 Å². The molecule has 2 aliphatic carbocycles. The summed E-state index contributed by atoms with van der Waals surface area (Å²) in [5.74, 6) is 0.796. The molecule has 0 bridgehead atoms. The van der Waals surface area contributed by atoms with Gasteiger partial charge in [0.2, 0.25) is 0 Å². The minimum atomic E-state index is 0.0000591. The smallest absolute Gasteiger partial charge is 0.138 e. The molecular weight excluding hydrogens is 302 g/mol. The lowest BCUT2D eigenvalue weighted by Crippen LogP contribution is -2.34. The number of halogens is 2. The molecule has 0 amide bonds. The van der Waals surface area contributed by atoms with Crippen LogP contribution in [0.2, 0.25) is 5.02 Å². The first kappa shape index (κ1) is 11.8. The summed E-state index contributed by atoms with van der Waals surface area (Å²) in [6.45, 7) is 0.948. The van der Waals surface area contributed by atoms with Gasteiger partial charge in [-0.15, -0.1) is 0 Å². The van der Waals surface area contributed by atoms with Gasteiger partial charge in [-0.05, 0) is 43.9 Å². The number of hydrogen-bond donors (Lipinski definition) is 1. The summed E-state index contributed by atoms with van der Waals surface area (Å²) >= 11 is 9.56. The van der Waals surface area contributed by atoms with Crippen LogP contribution in [0.15, 0.2) is 22.7 Å². The van der Waals surface area contributed by atoms with Crippen LogP contribution in [-0.4, -0.2) is 18.2 Å². The highest BCUT2D eigenvalue weighted by Crippen LogP contribution is 2.42. The van der Waals surface area contributed by atoms with Crippen LogP contribution in [0.4, 0.5) is 0 Å². The predicted molar refractivity (Wildman–Crippen MR) is 72.8 cm³/mol. The Morgan fingerprint density at radius 3 is 2.76 bits per heavy atom. The van der Waals surface area contributed by atoms with Gasteiger partial charge in [0.05, 0.1) is 5.02 Å². The van der Waals surface area contributed by atoms with Crippen LogP contribution in [0.3, 0.4) is 0 Å². The number of benzene rings is 1. The second kappa shape index (κ2) is 4.45. The Morgan fingerprint density at radius 2 is 2.18 bits per heavy atom. The third kappa shape index (κ3) is 2.95. The maximum Gasteiger partial charge on any atom is 0.138 e. The molecule has 2 aliphatic rings. The zero-order chi connectivity index (χ0) is 11.9. The van der Waals surface area contributed by atoms with Gasteiger partial charge in [-0.2, -0.15) is 0 Å². The van der Waals surface area contributed by atoms with Gasteiger partial charge in [-0.3, -0.25) is 0 Å². The molecular formula is C13H15BrClNO. The van der Waals surface area contributed by atoms with Crippen LogP contribution in [0.5, 0.6) is 5.75 Å². The van der Waals surface area contributed by atoms with E-state index in [1.165, 1.54) is 12.8 Å². The summed E-state index contributed by atoms with van der Waals surface area (Å²) in [5, 5.41) is 4.21. The van der Waals surface area contributed by atoms with Crippen LogP contribution in [0, 0.1) is 0 Å². The van der Waals surface area contributed by atoms with Crippen molar-refractivity contribution in [3.8, 4) is 5.75 Å². The van der Waals surface area contributed by atoms with Gasteiger partial charge >= 0.3 is 0 Å². The zero-order valence-electron chi connectivity index (χ0n) is 9.51. The van der Waals surface area contributed by atoms with Crippen LogP contribution in [0.1, 0.15) is 25.7 Å². The highest BCUT2D eigenvalue weighted by Gasteiger charge is 2.46. The van der Waals surface area contributed by atoms with E-state index in [4.69, 9.17) is 16.3 Å². The van der Waals surface area contributed by atoms with Crippen molar-refractivity contribution in [2.75, 3.05) is 6.54 Å². The van der Waals surface area contributed by atoms with E-state index in [2.05, 4.69) is 21.2 Å². The van der Waals surface area contributed by atoms with Crippen LogP contribution >= 0.6 is 27.5 Å². The Balaban J connectivity index is 1.64. The molecule has 2 saturated carbocycles. The molecule has 92 valence electrons. The van der Waals surface area contributed by atoms with Crippen molar-refractivity contribution in [1.29, 1.82) is 0 Å². The monoisotopic (exact) mass is 315 g/mol. The summed E-state index contributed by atoms with van der Waals surface area (Å²) in [5.41, 5.74) is 0.0000591. The highest BCUT2D eigenvalue weighted by molar-refractivity contribution is 9.10. The molecule has 1 aromatic carbocycles. The lowest BCUT2D eigenvalue weighted by Gasteiger charge is -2.19. The first-order valence-corrected chi connectivity index (χ1v) is 7.21. The molecule has 17 heavy (non-hydrogen) atoms. The Hall–Kier alpha value is -0.250. The van der Waals surface area contributed by atoms with Crippen molar-refractivity contribution >= 4 is 27.5 Å². The van der Waals surface area contributed by atoms with Gasteiger partial charge in [0.15, 0.2) is 0 Å². The van der Waals surface area contributed by atoms with Crippen molar-refractivity contribution in [3.05, 3.63) is 27.7 Å². The van der Waals surface area contributed by atoms with E-state index in [1.54, 1.807) is 0 Å². The van der Waals surface area contributed by atoms with E-state index in [9.17, 15) is 0 Å². The third-order valence-corrected chi connectivity index (χ3v) is 4.11. The van der Waals surface area contributed by atoms with Crippen LogP contribution in [-0.2, 0) is 0 Å². The molecule has 0 saturated heterocycles. The lowest BCUT2D eigenvalue weighted by molar-refractivity contribution is 0.175. The molecule has 0 aliphatic heterocycles. The van der Waals surface area contributed by atoms with E-state index < -0.39 is 0 Å². The SMILES string of the molecule is Clc1cc(Br)ccc1OC1(CNC2CC2)CC1. The van der Waals surface area contributed by atoms with Crippen molar-refractivity contribution in [1.82, 2.24) is 5.32 Å². The van der Waals surface area contributed by atoms with Gasteiger partial charge in [0.1, 0.15) is 11.4 Å². The number of ether oxygens (including phenoxy) is 1. The summed E-state index contributed by atoms with van der Waals surface area (Å²) in [6, 6.07) is 6.51. The second-order valence-electron chi connectivity index (χ2n) is 5.01. The molecule has 2 nitrogen and oxygen atoms in total. The number of hydrogen-bond acceptors (Lipinski definition) is 2. The summed E-state index contributed by atoms with van der Waals surface area (Å²) in [6.07, 6.45) is 4.88. The molecule has 2 fully saturated rings. The molecule has 3 rings (SSSR count). The molecule has 0 aromatic heterocycles. The maximum atomic E-state index is 6.16. The standard InChI is InChI=1S/C13H15BrClNO/c14-9-1-4-12(11(15)7-9)17-13(5-6-13)8-16-10-2-3-10/h1,4,7,10,16H,2-3,5-6,8H2. The summed E-state index contributed by atoms with van der Waals surface area (Å²) < 4.78 is 7.04. The van der Waals surface area contributed by atoms with E-state index in [0.717, 1.165) is 35.7 Å². The quantitative estimate of drug-likeness (QED) is 0.893. The first-order valence-electron chi connectivity index (χ1n) is 6.04. The van der Waals surface area contributed by atoms with Crippen molar-refractivity contribution < 1.29 is 4.74 Å². The van der Waals surface area contributed by atoms with Gasteiger partial charge in [-0.1, -0.05) is 27.5 Å². The normalized spacial score (nSPS) is 21.3. The minimum absolute atomic E-state index is 0.0000591. The van der Waals surface area contributed by atoms with E-state index in [0.29, 0.717) is 5.02 Å². The Bertz CT molecular complexity index is 429. The Morgan fingerprint density at radius 1 is 1.41 bits per heavy atom. The fourth-order valence-corrected chi connectivity index (χ4v) is 2.58. The molecule has 0 atom stereocenters. The lowest BCUT2D eigenvalue weighted by atomic mass is 10.3. The molecule has 1 aromatic rings. The zero-order valence-corrected chi connectivity index (χ0v) is 11.9. The average molecular weight is 317 g/mol. The topological polar surface area (TPSA) is 21.3 Å². The van der Waals surface area contributed by atoms with Crippen molar-refractivity contribution in [2.24, 2.45) is 0 Å². The molecule has 0 heterocycles. The van der Waals surface area contributed by atoms with Crippen molar-refractivity contribution in [3.63, 3.8) is 0 Å². The number of nitrogens with one attached hydrogen (secondary N) is 1. The second-order valence-corrected chi connectivity index (χ2v) is 6.34. The average Bonchev–Trinajstić information content (AvgIpc) is 3.15. The van der Waals surface area contributed by atoms with Gasteiger partial charge in [0, 0.05) is 17.1 Å². The van der Waals surface area contributed by atoms with Gasteiger partial charge in [-0.25, -0.2) is 0 Å². The fraction of sp³-hybridized carbons (Fsp3) is 0.538. The molecule has 0 unspecified atom stereocenters. The van der Waals surface area contributed by atoms with Gasteiger partial charge < -0.3 is 10.1 Å². The maximum absolute atomic E-state index is 6.16. The van der Waals surface area contributed by atoms with Crippen molar-refractivity contribution in [2.45, 2.75) is 37.3 Å². The molecule has 0 spiro atoms. The highest BCUT2D eigenvalue weighted by atomic mass is 79.9. The fourth-order valence-electron chi connectivity index (χ4n) is 1.86. The summed E-state index contributed by atoms with van der Waals surface area (Å²) in [7, 11) is 0. The van der Waals surface area contributed by atoms with Crippen LogP contribution in [0.25, 0.3) is 0 Å². The predicted octanol–water partition coefficient (Wildman–Crippen LogP) is 3.77. The largest absolute Gasteiger partial charge is 0.484 e. The third-order valence-electron chi connectivity index (χ3n) is 3.32. The van der Waals surface area contributed by atoms with E-state index in [1.807, 2.05) is 18.2 Å². The summed E-state index contributed by atoms with van der Waals surface area (Å²) in [4.78, 5) is 0. The molecule has 4 heteroatoms. The van der Waals surface area contributed by atoms with Crippen LogP contribution < -0.4 is 10.1 Å². The molecule has 0 radical (unpaired) electrons. The molecule has 1 N–H and O–H groups in total.